The van der Waals surface area contributed by atoms with Gasteiger partial charge in [0.15, 0.2) is 0 Å². The van der Waals surface area contributed by atoms with Crippen molar-refractivity contribution in [3.8, 4) is 0 Å². The van der Waals surface area contributed by atoms with Crippen LogP contribution in [0.15, 0.2) is 21.1 Å². The second-order valence-electron chi connectivity index (χ2n) is 2.39. The summed E-state index contributed by atoms with van der Waals surface area (Å²) in [5.74, 6) is 0. The van der Waals surface area contributed by atoms with Crippen molar-refractivity contribution in [1.29, 1.82) is 0 Å². The standard InChI is InChI=1S/C8H9Br2N/c1-5-7(9)2-6(4-11)3-8(5)10/h2-3H,4,11H2,1H3. The van der Waals surface area contributed by atoms with Crippen molar-refractivity contribution in [3.05, 3.63) is 32.2 Å². The van der Waals surface area contributed by atoms with Gasteiger partial charge in [0.25, 0.3) is 0 Å². The van der Waals surface area contributed by atoms with Gasteiger partial charge in [-0.2, -0.15) is 0 Å². The first-order valence-electron chi connectivity index (χ1n) is 3.29. The quantitative estimate of drug-likeness (QED) is 0.840. The van der Waals surface area contributed by atoms with Gasteiger partial charge in [-0.3, -0.25) is 0 Å². The van der Waals surface area contributed by atoms with E-state index in [1.54, 1.807) is 0 Å². The molecule has 0 amide bonds. The lowest BCUT2D eigenvalue weighted by Gasteiger charge is -2.04. The van der Waals surface area contributed by atoms with Crippen molar-refractivity contribution in [2.75, 3.05) is 0 Å². The molecule has 0 fully saturated rings. The highest BCUT2D eigenvalue weighted by Gasteiger charge is 2.01. The van der Waals surface area contributed by atoms with Crippen molar-refractivity contribution in [2.24, 2.45) is 5.73 Å². The second-order valence-corrected chi connectivity index (χ2v) is 4.10. The maximum absolute atomic E-state index is 5.50. The molecule has 1 rings (SSSR count). The summed E-state index contributed by atoms with van der Waals surface area (Å²) in [6, 6.07) is 4.08. The van der Waals surface area contributed by atoms with E-state index in [0.717, 1.165) is 14.5 Å². The van der Waals surface area contributed by atoms with E-state index in [1.165, 1.54) is 5.56 Å². The van der Waals surface area contributed by atoms with Crippen molar-refractivity contribution in [2.45, 2.75) is 13.5 Å². The van der Waals surface area contributed by atoms with Crippen molar-refractivity contribution < 1.29 is 0 Å². The molecule has 0 aliphatic heterocycles. The normalized spacial score (nSPS) is 10.2. The molecule has 0 aromatic heterocycles. The number of rotatable bonds is 1. The molecular formula is C8H9Br2N. The van der Waals surface area contributed by atoms with Crippen LogP contribution in [0.25, 0.3) is 0 Å². The molecule has 0 bridgehead atoms. The van der Waals surface area contributed by atoms with Crippen LogP contribution in [0.2, 0.25) is 0 Å². The fourth-order valence-corrected chi connectivity index (χ4v) is 2.10. The third kappa shape index (κ3) is 2.04. The summed E-state index contributed by atoms with van der Waals surface area (Å²) < 4.78 is 2.21. The minimum atomic E-state index is 0.581. The Labute approximate surface area is 83.2 Å². The molecule has 0 atom stereocenters. The number of hydrogen-bond donors (Lipinski definition) is 1. The first-order valence-corrected chi connectivity index (χ1v) is 4.88. The molecule has 60 valence electrons. The lowest BCUT2D eigenvalue weighted by atomic mass is 10.1. The molecule has 3 heteroatoms. The Hall–Kier alpha value is 0.140. The summed E-state index contributed by atoms with van der Waals surface area (Å²) in [6.45, 7) is 2.63. The molecule has 0 heterocycles. The van der Waals surface area contributed by atoms with Crippen LogP contribution < -0.4 is 5.73 Å². The molecule has 0 spiro atoms. The van der Waals surface area contributed by atoms with Gasteiger partial charge in [0.2, 0.25) is 0 Å². The van der Waals surface area contributed by atoms with Crippen LogP contribution in [0.1, 0.15) is 11.1 Å². The number of benzene rings is 1. The Morgan fingerprint density at radius 1 is 1.27 bits per heavy atom. The van der Waals surface area contributed by atoms with E-state index in [-0.39, 0.29) is 0 Å². The minimum Gasteiger partial charge on any atom is -0.326 e. The maximum atomic E-state index is 5.50. The Kier molecular flexibility index (Phi) is 3.10. The van der Waals surface area contributed by atoms with E-state index >= 15 is 0 Å². The van der Waals surface area contributed by atoms with Gasteiger partial charge < -0.3 is 5.73 Å². The Morgan fingerprint density at radius 3 is 2.09 bits per heavy atom. The average Bonchev–Trinajstić information content (AvgIpc) is 1.99. The topological polar surface area (TPSA) is 26.0 Å². The van der Waals surface area contributed by atoms with Crippen LogP contribution in [-0.2, 0) is 6.54 Å². The highest BCUT2D eigenvalue weighted by molar-refractivity contribution is 9.11. The molecule has 0 radical (unpaired) electrons. The van der Waals surface area contributed by atoms with E-state index < -0.39 is 0 Å². The second kappa shape index (κ2) is 3.70. The third-order valence-electron chi connectivity index (χ3n) is 1.58. The zero-order valence-corrected chi connectivity index (χ0v) is 9.37. The molecule has 1 nitrogen and oxygen atoms in total. The van der Waals surface area contributed by atoms with Gasteiger partial charge in [-0.15, -0.1) is 0 Å². The SMILES string of the molecule is Cc1c(Br)cc(CN)cc1Br. The number of halogens is 2. The van der Waals surface area contributed by atoms with Crippen molar-refractivity contribution in [3.63, 3.8) is 0 Å². The van der Waals surface area contributed by atoms with E-state index in [2.05, 4.69) is 38.8 Å². The summed E-state index contributed by atoms with van der Waals surface area (Å²) in [5, 5.41) is 0. The third-order valence-corrected chi connectivity index (χ3v) is 3.22. The molecule has 1 aromatic rings. The zero-order valence-electron chi connectivity index (χ0n) is 6.20. The van der Waals surface area contributed by atoms with E-state index in [9.17, 15) is 0 Å². The number of hydrogen-bond acceptors (Lipinski definition) is 1. The highest BCUT2D eigenvalue weighted by atomic mass is 79.9. The first kappa shape index (κ1) is 9.23. The fourth-order valence-electron chi connectivity index (χ4n) is 0.816. The van der Waals surface area contributed by atoms with Gasteiger partial charge >= 0.3 is 0 Å². The summed E-state index contributed by atoms with van der Waals surface area (Å²) in [7, 11) is 0. The van der Waals surface area contributed by atoms with Crippen LogP contribution in [0, 0.1) is 6.92 Å². The molecule has 2 N–H and O–H groups in total. The molecule has 0 saturated carbocycles. The van der Waals surface area contributed by atoms with Gasteiger partial charge in [0.1, 0.15) is 0 Å². The Bertz CT molecular complexity index is 248. The predicted octanol–water partition coefficient (Wildman–Crippen LogP) is 2.98. The van der Waals surface area contributed by atoms with Gasteiger partial charge in [-0.05, 0) is 30.2 Å². The summed E-state index contributed by atoms with van der Waals surface area (Å²) >= 11 is 6.90. The van der Waals surface area contributed by atoms with Gasteiger partial charge in [0, 0.05) is 15.5 Å². The average molecular weight is 279 g/mol. The largest absolute Gasteiger partial charge is 0.326 e. The van der Waals surface area contributed by atoms with Gasteiger partial charge in [0.05, 0.1) is 0 Å². The minimum absolute atomic E-state index is 0.581. The van der Waals surface area contributed by atoms with Gasteiger partial charge in [-0.1, -0.05) is 31.9 Å². The number of nitrogens with two attached hydrogens (primary N) is 1. The molecular weight excluding hydrogens is 270 g/mol. The van der Waals surface area contributed by atoms with E-state index in [1.807, 2.05) is 12.1 Å². The molecule has 0 aliphatic carbocycles. The van der Waals surface area contributed by atoms with Crippen molar-refractivity contribution >= 4 is 31.9 Å². The van der Waals surface area contributed by atoms with Crippen LogP contribution >= 0.6 is 31.9 Å². The Morgan fingerprint density at radius 2 is 1.73 bits per heavy atom. The summed E-state index contributed by atoms with van der Waals surface area (Å²) in [4.78, 5) is 0. The summed E-state index contributed by atoms with van der Waals surface area (Å²) in [6.07, 6.45) is 0. The van der Waals surface area contributed by atoms with Crippen LogP contribution in [0.5, 0.6) is 0 Å². The molecule has 0 unspecified atom stereocenters. The van der Waals surface area contributed by atoms with Crippen molar-refractivity contribution in [1.82, 2.24) is 0 Å². The lowest BCUT2D eigenvalue weighted by Crippen LogP contribution is -1.96. The first-order chi connectivity index (χ1) is 5.15. The highest BCUT2D eigenvalue weighted by Crippen LogP contribution is 2.25. The predicted molar refractivity (Wildman–Crippen MR) is 54.5 cm³/mol. The van der Waals surface area contributed by atoms with Crippen LogP contribution in [0.4, 0.5) is 0 Å². The van der Waals surface area contributed by atoms with Crippen LogP contribution in [0.3, 0.4) is 0 Å². The summed E-state index contributed by atoms with van der Waals surface area (Å²) in [5.41, 5.74) is 7.84. The Balaban J connectivity index is 3.21. The molecule has 0 aliphatic rings. The van der Waals surface area contributed by atoms with Crippen LogP contribution in [-0.4, -0.2) is 0 Å². The fraction of sp³-hybridized carbons (Fsp3) is 0.250. The van der Waals surface area contributed by atoms with Gasteiger partial charge in [-0.25, -0.2) is 0 Å². The zero-order chi connectivity index (χ0) is 8.43. The molecule has 11 heavy (non-hydrogen) atoms. The smallest absolute Gasteiger partial charge is 0.0218 e. The molecule has 1 aromatic carbocycles. The molecule has 0 saturated heterocycles. The van der Waals surface area contributed by atoms with E-state index in [0.29, 0.717) is 6.54 Å². The monoisotopic (exact) mass is 277 g/mol. The maximum Gasteiger partial charge on any atom is 0.0218 e. The lowest BCUT2D eigenvalue weighted by molar-refractivity contribution is 1.06. The van der Waals surface area contributed by atoms with E-state index in [4.69, 9.17) is 5.73 Å².